The lowest BCUT2D eigenvalue weighted by molar-refractivity contribution is 0.0683. The van der Waals surface area contributed by atoms with Crippen LogP contribution in [0.25, 0.3) is 0 Å². The third-order valence-corrected chi connectivity index (χ3v) is 2.00. The highest BCUT2D eigenvalue weighted by atomic mass is 35.5. The molecule has 0 amide bonds. The van der Waals surface area contributed by atoms with Crippen LogP contribution in [0.5, 0.6) is 0 Å². The third kappa shape index (κ3) is 1.18. The molecule has 1 fully saturated rings. The average Bonchev–Trinajstić information content (AvgIpc) is 2.75. The smallest absolute Gasteiger partial charge is 0.354 e. The standard InChI is InChI=1S/C7H7ClN2O2/c8-6-3-5(7(11)12)10(9-6)4-1-2-4/h3-4H,1-2H2,(H,11,12). The molecule has 5 heteroatoms. The number of nitrogens with zero attached hydrogens (tertiary/aromatic N) is 2. The lowest BCUT2D eigenvalue weighted by atomic mass is 10.4. The topological polar surface area (TPSA) is 55.1 Å². The van der Waals surface area contributed by atoms with E-state index in [1.54, 1.807) is 0 Å². The minimum absolute atomic E-state index is 0.183. The minimum atomic E-state index is -0.971. The summed E-state index contributed by atoms with van der Waals surface area (Å²) in [6, 6.07) is 1.63. The third-order valence-electron chi connectivity index (χ3n) is 1.82. The van der Waals surface area contributed by atoms with Crippen LogP contribution in [0.3, 0.4) is 0 Å². The second-order valence-corrected chi connectivity index (χ2v) is 3.22. The van der Waals surface area contributed by atoms with E-state index < -0.39 is 5.97 Å². The monoisotopic (exact) mass is 186 g/mol. The van der Waals surface area contributed by atoms with Gasteiger partial charge in [0.05, 0.1) is 6.04 Å². The number of hydrogen-bond acceptors (Lipinski definition) is 2. The summed E-state index contributed by atoms with van der Waals surface area (Å²) in [6.07, 6.45) is 2.00. The Morgan fingerprint density at radius 1 is 1.75 bits per heavy atom. The van der Waals surface area contributed by atoms with Gasteiger partial charge in [0.1, 0.15) is 5.69 Å². The Labute approximate surface area is 73.8 Å². The van der Waals surface area contributed by atoms with Crippen molar-refractivity contribution in [2.24, 2.45) is 0 Å². The predicted molar refractivity (Wildman–Crippen MR) is 42.5 cm³/mol. The molecular formula is C7H7ClN2O2. The van der Waals surface area contributed by atoms with Gasteiger partial charge in [-0.15, -0.1) is 0 Å². The normalized spacial score (nSPS) is 16.4. The second-order valence-electron chi connectivity index (χ2n) is 2.83. The van der Waals surface area contributed by atoms with Crippen LogP contribution in [0.2, 0.25) is 5.15 Å². The highest BCUT2D eigenvalue weighted by Gasteiger charge is 2.29. The summed E-state index contributed by atoms with van der Waals surface area (Å²) in [5.74, 6) is -0.971. The van der Waals surface area contributed by atoms with Crippen molar-refractivity contribution in [3.63, 3.8) is 0 Å². The summed E-state index contributed by atoms with van der Waals surface area (Å²) in [4.78, 5) is 10.6. The zero-order chi connectivity index (χ0) is 8.72. The molecule has 1 aliphatic carbocycles. The molecule has 0 unspecified atom stereocenters. The molecule has 0 radical (unpaired) electrons. The summed E-state index contributed by atoms with van der Waals surface area (Å²) in [6.45, 7) is 0. The predicted octanol–water partition coefficient (Wildman–Crippen LogP) is 1.57. The van der Waals surface area contributed by atoms with E-state index in [1.807, 2.05) is 0 Å². The fraction of sp³-hybridized carbons (Fsp3) is 0.429. The molecule has 0 saturated heterocycles. The average molecular weight is 187 g/mol. The number of halogens is 1. The van der Waals surface area contributed by atoms with Gasteiger partial charge in [0.25, 0.3) is 0 Å². The Bertz CT molecular complexity index is 330. The van der Waals surface area contributed by atoms with Gasteiger partial charge in [-0.05, 0) is 12.8 Å². The van der Waals surface area contributed by atoms with Crippen molar-refractivity contribution in [3.8, 4) is 0 Å². The van der Waals surface area contributed by atoms with Crippen molar-refractivity contribution >= 4 is 17.6 Å². The molecule has 0 bridgehead atoms. The quantitative estimate of drug-likeness (QED) is 0.763. The summed E-state index contributed by atoms with van der Waals surface area (Å²) < 4.78 is 1.49. The van der Waals surface area contributed by atoms with Gasteiger partial charge in [-0.1, -0.05) is 11.6 Å². The summed E-state index contributed by atoms with van der Waals surface area (Å²) >= 11 is 5.59. The molecule has 0 atom stereocenters. The molecule has 1 aromatic rings. The van der Waals surface area contributed by atoms with E-state index in [9.17, 15) is 4.79 Å². The number of carboxylic acids is 1. The maximum Gasteiger partial charge on any atom is 0.354 e. The Morgan fingerprint density at radius 2 is 2.42 bits per heavy atom. The van der Waals surface area contributed by atoms with Gasteiger partial charge in [0.2, 0.25) is 0 Å². The van der Waals surface area contributed by atoms with Crippen molar-refractivity contribution in [3.05, 3.63) is 16.9 Å². The molecule has 1 aromatic heterocycles. The van der Waals surface area contributed by atoms with Crippen LogP contribution in [0.1, 0.15) is 29.4 Å². The summed E-state index contributed by atoms with van der Waals surface area (Å²) in [7, 11) is 0. The first-order valence-electron chi connectivity index (χ1n) is 3.67. The molecule has 12 heavy (non-hydrogen) atoms. The summed E-state index contributed by atoms with van der Waals surface area (Å²) in [5, 5.41) is 12.9. The maximum absolute atomic E-state index is 10.6. The van der Waals surface area contributed by atoms with Crippen LogP contribution in [0.15, 0.2) is 6.07 Å². The molecule has 1 heterocycles. The Morgan fingerprint density at radius 3 is 2.92 bits per heavy atom. The zero-order valence-corrected chi connectivity index (χ0v) is 6.95. The number of rotatable bonds is 2. The van der Waals surface area contributed by atoms with Gasteiger partial charge in [-0.2, -0.15) is 5.10 Å². The van der Waals surface area contributed by atoms with E-state index in [4.69, 9.17) is 16.7 Å². The van der Waals surface area contributed by atoms with Crippen LogP contribution in [0, 0.1) is 0 Å². The van der Waals surface area contributed by atoms with E-state index in [-0.39, 0.29) is 16.9 Å². The first-order valence-corrected chi connectivity index (χ1v) is 4.04. The van der Waals surface area contributed by atoms with Gasteiger partial charge in [0, 0.05) is 6.07 Å². The zero-order valence-electron chi connectivity index (χ0n) is 6.20. The minimum Gasteiger partial charge on any atom is -0.477 e. The fourth-order valence-electron chi connectivity index (χ4n) is 1.12. The van der Waals surface area contributed by atoms with Crippen LogP contribution >= 0.6 is 11.6 Å². The molecule has 1 N–H and O–H groups in total. The highest BCUT2D eigenvalue weighted by molar-refractivity contribution is 6.29. The van der Waals surface area contributed by atoms with Crippen LogP contribution < -0.4 is 0 Å². The molecule has 64 valence electrons. The molecule has 4 nitrogen and oxygen atoms in total. The van der Waals surface area contributed by atoms with Gasteiger partial charge >= 0.3 is 5.97 Å². The van der Waals surface area contributed by atoms with Crippen LogP contribution in [-0.2, 0) is 0 Å². The summed E-state index contributed by atoms with van der Waals surface area (Å²) in [5.41, 5.74) is 0.183. The van der Waals surface area contributed by atoms with Crippen LogP contribution in [-0.4, -0.2) is 20.9 Å². The van der Waals surface area contributed by atoms with Crippen molar-refractivity contribution in [1.82, 2.24) is 9.78 Å². The Hall–Kier alpha value is -1.03. The van der Waals surface area contributed by atoms with Gasteiger partial charge in [-0.3, -0.25) is 4.68 Å². The maximum atomic E-state index is 10.6. The van der Waals surface area contributed by atoms with E-state index in [0.29, 0.717) is 0 Å². The highest BCUT2D eigenvalue weighted by Crippen LogP contribution is 2.35. The number of carbonyl (C=O) groups is 1. The number of carboxylic acid groups (broad SMARTS) is 1. The van der Waals surface area contributed by atoms with E-state index in [0.717, 1.165) is 12.8 Å². The lowest BCUT2D eigenvalue weighted by Gasteiger charge is -1.98. The van der Waals surface area contributed by atoms with Gasteiger partial charge in [0.15, 0.2) is 5.15 Å². The van der Waals surface area contributed by atoms with E-state index >= 15 is 0 Å². The SMILES string of the molecule is O=C(O)c1cc(Cl)nn1C1CC1. The molecule has 2 rings (SSSR count). The Balaban J connectivity index is 2.43. The van der Waals surface area contributed by atoms with Crippen molar-refractivity contribution < 1.29 is 9.90 Å². The van der Waals surface area contributed by atoms with Gasteiger partial charge < -0.3 is 5.11 Å². The number of aromatic nitrogens is 2. The van der Waals surface area contributed by atoms with E-state index in [2.05, 4.69) is 5.10 Å². The fourth-order valence-corrected chi connectivity index (χ4v) is 1.31. The molecule has 1 saturated carbocycles. The van der Waals surface area contributed by atoms with Gasteiger partial charge in [-0.25, -0.2) is 4.79 Å². The first kappa shape index (κ1) is 7.61. The Kier molecular flexibility index (Phi) is 1.58. The van der Waals surface area contributed by atoms with Crippen molar-refractivity contribution in [2.45, 2.75) is 18.9 Å². The van der Waals surface area contributed by atoms with Crippen LogP contribution in [0.4, 0.5) is 0 Å². The molecule has 0 aliphatic heterocycles. The van der Waals surface area contributed by atoms with Crippen molar-refractivity contribution in [2.75, 3.05) is 0 Å². The number of hydrogen-bond donors (Lipinski definition) is 1. The van der Waals surface area contributed by atoms with Crippen molar-refractivity contribution in [1.29, 1.82) is 0 Å². The molecule has 0 aromatic carbocycles. The first-order chi connectivity index (χ1) is 5.68. The van der Waals surface area contributed by atoms with E-state index in [1.165, 1.54) is 10.7 Å². The molecule has 1 aliphatic rings. The number of aromatic carboxylic acids is 1. The molecule has 0 spiro atoms. The molecular weight excluding hydrogens is 180 g/mol. The largest absolute Gasteiger partial charge is 0.477 e. The lowest BCUT2D eigenvalue weighted by Crippen LogP contribution is -2.07. The second kappa shape index (κ2) is 2.48.